The van der Waals surface area contributed by atoms with E-state index in [0.717, 1.165) is 28.4 Å². The SMILES string of the molecule is CCC(CC)(CN)NC(=O)Cc1csc(-c2cccs2)n1. The summed E-state index contributed by atoms with van der Waals surface area (Å²) in [6.45, 7) is 4.56. The maximum atomic E-state index is 12.2. The Morgan fingerprint density at radius 3 is 2.71 bits per heavy atom. The molecular weight excluding hydrogens is 302 g/mol. The molecule has 2 aromatic rings. The normalized spacial score (nSPS) is 11.6. The van der Waals surface area contributed by atoms with E-state index in [-0.39, 0.29) is 11.4 Å². The minimum absolute atomic E-state index is 0.00724. The van der Waals surface area contributed by atoms with E-state index in [2.05, 4.69) is 10.3 Å². The van der Waals surface area contributed by atoms with Crippen LogP contribution in [0.25, 0.3) is 9.88 Å². The van der Waals surface area contributed by atoms with Crippen molar-refractivity contribution >= 4 is 28.6 Å². The van der Waals surface area contributed by atoms with Crippen LogP contribution in [0.1, 0.15) is 32.4 Å². The monoisotopic (exact) mass is 323 g/mol. The van der Waals surface area contributed by atoms with Crippen LogP contribution in [0.3, 0.4) is 0 Å². The number of amides is 1. The molecule has 2 heterocycles. The van der Waals surface area contributed by atoms with E-state index in [1.54, 1.807) is 22.7 Å². The molecule has 0 unspecified atom stereocenters. The molecule has 0 saturated heterocycles. The number of hydrogen-bond acceptors (Lipinski definition) is 5. The van der Waals surface area contributed by atoms with Crippen molar-refractivity contribution in [2.45, 2.75) is 38.6 Å². The second kappa shape index (κ2) is 7.15. The quantitative estimate of drug-likeness (QED) is 0.823. The van der Waals surface area contributed by atoms with E-state index in [9.17, 15) is 4.79 Å². The summed E-state index contributed by atoms with van der Waals surface area (Å²) >= 11 is 3.24. The summed E-state index contributed by atoms with van der Waals surface area (Å²) in [6, 6.07) is 4.05. The van der Waals surface area contributed by atoms with Crippen LogP contribution in [0.15, 0.2) is 22.9 Å². The third-order valence-corrected chi connectivity index (χ3v) is 5.70. The number of thiophene rings is 1. The first-order valence-electron chi connectivity index (χ1n) is 7.12. The molecule has 0 saturated carbocycles. The molecule has 0 aromatic carbocycles. The van der Waals surface area contributed by atoms with Gasteiger partial charge in [-0.1, -0.05) is 19.9 Å². The lowest BCUT2D eigenvalue weighted by molar-refractivity contribution is -0.122. The first kappa shape index (κ1) is 16.1. The predicted molar refractivity (Wildman–Crippen MR) is 89.6 cm³/mol. The molecule has 0 aliphatic carbocycles. The van der Waals surface area contributed by atoms with Gasteiger partial charge in [0.25, 0.3) is 0 Å². The maximum Gasteiger partial charge on any atom is 0.226 e. The van der Waals surface area contributed by atoms with Crippen LogP contribution < -0.4 is 11.1 Å². The van der Waals surface area contributed by atoms with Crippen LogP contribution in [0, 0.1) is 0 Å². The molecule has 3 N–H and O–H groups in total. The minimum atomic E-state index is -0.288. The number of nitrogens with one attached hydrogen (secondary N) is 1. The van der Waals surface area contributed by atoms with Crippen molar-refractivity contribution in [1.29, 1.82) is 0 Å². The average molecular weight is 323 g/mol. The van der Waals surface area contributed by atoms with Crippen LogP contribution >= 0.6 is 22.7 Å². The Hall–Kier alpha value is -1.24. The number of nitrogens with zero attached hydrogens (tertiary/aromatic N) is 1. The molecule has 0 aliphatic rings. The van der Waals surface area contributed by atoms with Gasteiger partial charge in [0, 0.05) is 11.9 Å². The molecular formula is C15H21N3OS2. The van der Waals surface area contributed by atoms with Crippen LogP contribution in [0.2, 0.25) is 0 Å². The van der Waals surface area contributed by atoms with Crippen molar-refractivity contribution in [2.75, 3.05) is 6.54 Å². The lowest BCUT2D eigenvalue weighted by atomic mass is 9.92. The molecule has 2 rings (SSSR count). The molecule has 0 aliphatic heterocycles. The lowest BCUT2D eigenvalue weighted by Gasteiger charge is -2.31. The van der Waals surface area contributed by atoms with Gasteiger partial charge < -0.3 is 11.1 Å². The van der Waals surface area contributed by atoms with Crippen molar-refractivity contribution in [3.63, 3.8) is 0 Å². The molecule has 21 heavy (non-hydrogen) atoms. The second-order valence-corrected chi connectivity index (χ2v) is 6.84. The molecule has 114 valence electrons. The van der Waals surface area contributed by atoms with Gasteiger partial charge in [-0.05, 0) is 24.3 Å². The largest absolute Gasteiger partial charge is 0.349 e. The van der Waals surface area contributed by atoms with Gasteiger partial charge in [0.05, 0.1) is 22.5 Å². The van der Waals surface area contributed by atoms with Crippen molar-refractivity contribution < 1.29 is 4.79 Å². The zero-order chi connectivity index (χ0) is 15.3. The number of carbonyl (C=O) groups excluding carboxylic acids is 1. The molecule has 0 radical (unpaired) electrons. The van der Waals surface area contributed by atoms with Gasteiger partial charge in [0.1, 0.15) is 5.01 Å². The first-order valence-corrected chi connectivity index (χ1v) is 8.87. The molecule has 4 nitrogen and oxygen atoms in total. The Balaban J connectivity index is 2.00. The standard InChI is InChI=1S/C15H21N3OS2/c1-3-15(4-2,10-16)18-13(19)8-11-9-21-14(17-11)12-6-5-7-20-12/h5-7,9H,3-4,8,10,16H2,1-2H3,(H,18,19). The summed E-state index contributed by atoms with van der Waals surface area (Å²) in [5, 5.41) is 8.04. The van der Waals surface area contributed by atoms with E-state index in [1.807, 2.05) is 36.7 Å². The number of nitrogens with two attached hydrogens (primary N) is 1. The van der Waals surface area contributed by atoms with Gasteiger partial charge in [-0.3, -0.25) is 4.79 Å². The smallest absolute Gasteiger partial charge is 0.226 e. The zero-order valence-electron chi connectivity index (χ0n) is 12.4. The second-order valence-electron chi connectivity index (χ2n) is 5.04. The summed E-state index contributed by atoms with van der Waals surface area (Å²) in [7, 11) is 0. The summed E-state index contributed by atoms with van der Waals surface area (Å²) in [5.74, 6) is -0.00724. The van der Waals surface area contributed by atoms with Gasteiger partial charge in [0.2, 0.25) is 5.91 Å². The van der Waals surface area contributed by atoms with E-state index in [4.69, 9.17) is 5.73 Å². The van der Waals surface area contributed by atoms with Crippen LogP contribution in [0.4, 0.5) is 0 Å². The van der Waals surface area contributed by atoms with Gasteiger partial charge in [-0.25, -0.2) is 4.98 Å². The topological polar surface area (TPSA) is 68.0 Å². The summed E-state index contributed by atoms with van der Waals surface area (Å²) in [4.78, 5) is 17.9. The Labute approximate surface area is 133 Å². The first-order chi connectivity index (χ1) is 10.1. The van der Waals surface area contributed by atoms with Gasteiger partial charge >= 0.3 is 0 Å². The fourth-order valence-electron chi connectivity index (χ4n) is 2.17. The zero-order valence-corrected chi connectivity index (χ0v) is 14.0. The van der Waals surface area contributed by atoms with Crippen molar-refractivity contribution in [2.24, 2.45) is 5.73 Å². The lowest BCUT2D eigenvalue weighted by Crippen LogP contribution is -2.53. The van der Waals surface area contributed by atoms with Gasteiger partial charge in [-0.15, -0.1) is 22.7 Å². The average Bonchev–Trinajstić information content (AvgIpc) is 3.15. The molecule has 0 bridgehead atoms. The molecule has 1 amide bonds. The van der Waals surface area contributed by atoms with Crippen molar-refractivity contribution in [1.82, 2.24) is 10.3 Å². The number of carbonyl (C=O) groups is 1. The highest BCUT2D eigenvalue weighted by atomic mass is 32.1. The van der Waals surface area contributed by atoms with Crippen molar-refractivity contribution in [3.8, 4) is 9.88 Å². The number of rotatable bonds is 7. The fraction of sp³-hybridized carbons (Fsp3) is 0.467. The maximum absolute atomic E-state index is 12.2. The van der Waals surface area contributed by atoms with Gasteiger partial charge in [-0.2, -0.15) is 0 Å². The minimum Gasteiger partial charge on any atom is -0.349 e. The molecule has 2 aromatic heterocycles. The van der Waals surface area contributed by atoms with Crippen molar-refractivity contribution in [3.05, 3.63) is 28.6 Å². The number of aromatic nitrogens is 1. The Bertz CT molecular complexity index is 565. The summed E-state index contributed by atoms with van der Waals surface area (Å²) < 4.78 is 0. The van der Waals surface area contributed by atoms with E-state index in [1.165, 1.54) is 0 Å². The van der Waals surface area contributed by atoms with Crippen LogP contribution in [-0.2, 0) is 11.2 Å². The summed E-state index contributed by atoms with van der Waals surface area (Å²) in [5.41, 5.74) is 6.34. The molecule has 6 heteroatoms. The Morgan fingerprint density at radius 2 is 2.14 bits per heavy atom. The number of hydrogen-bond donors (Lipinski definition) is 2. The Kier molecular flexibility index (Phi) is 5.50. The highest BCUT2D eigenvalue weighted by molar-refractivity contribution is 7.20. The summed E-state index contributed by atoms with van der Waals surface area (Å²) in [6.07, 6.45) is 1.98. The van der Waals surface area contributed by atoms with Crippen LogP contribution in [0.5, 0.6) is 0 Å². The highest BCUT2D eigenvalue weighted by Gasteiger charge is 2.26. The third-order valence-electron chi connectivity index (χ3n) is 3.77. The molecule has 0 fully saturated rings. The van der Waals surface area contributed by atoms with Gasteiger partial charge in [0.15, 0.2) is 0 Å². The van der Waals surface area contributed by atoms with E-state index >= 15 is 0 Å². The predicted octanol–water partition coefficient (Wildman–Crippen LogP) is 3.05. The van der Waals surface area contributed by atoms with E-state index in [0.29, 0.717) is 13.0 Å². The fourth-order valence-corrected chi connectivity index (χ4v) is 3.81. The molecule has 0 atom stereocenters. The van der Waals surface area contributed by atoms with Crippen LogP contribution in [-0.4, -0.2) is 23.0 Å². The highest BCUT2D eigenvalue weighted by Crippen LogP contribution is 2.28. The molecule has 0 spiro atoms. The van der Waals surface area contributed by atoms with E-state index < -0.39 is 0 Å². The number of thiazole rings is 1. The third kappa shape index (κ3) is 3.90. The Morgan fingerprint density at radius 1 is 1.38 bits per heavy atom.